The van der Waals surface area contributed by atoms with Gasteiger partial charge in [-0.15, -0.1) is 0 Å². The molecule has 0 aliphatic carbocycles. The highest BCUT2D eigenvalue weighted by atomic mass is 35.5. The van der Waals surface area contributed by atoms with E-state index in [1.165, 1.54) is 11.1 Å². The van der Waals surface area contributed by atoms with Crippen molar-refractivity contribution in [2.45, 2.75) is 18.6 Å². The zero-order valence-corrected chi connectivity index (χ0v) is 16.1. The van der Waals surface area contributed by atoms with E-state index in [9.17, 15) is 4.79 Å². The predicted octanol–water partition coefficient (Wildman–Crippen LogP) is 4.98. The van der Waals surface area contributed by atoms with Crippen molar-refractivity contribution in [1.82, 2.24) is 4.90 Å². The number of hydrogen-bond donors (Lipinski definition) is 0. The van der Waals surface area contributed by atoms with Crippen LogP contribution in [0, 0.1) is 6.92 Å². The molecule has 1 atom stereocenters. The third kappa shape index (κ3) is 4.13. The number of halogens is 1. The lowest BCUT2D eigenvalue weighted by Crippen LogP contribution is -2.33. The van der Waals surface area contributed by atoms with Crippen LogP contribution in [0.1, 0.15) is 33.2 Å². The van der Waals surface area contributed by atoms with Gasteiger partial charge in [0.15, 0.2) is 0 Å². The highest BCUT2D eigenvalue weighted by molar-refractivity contribution is 7.99. The molecule has 0 bridgehead atoms. The summed E-state index contributed by atoms with van der Waals surface area (Å²) in [6, 6.07) is 13.7. The number of nitrogens with zero attached hydrogens (tertiary/aromatic N) is 1. The minimum absolute atomic E-state index is 0.00890. The lowest BCUT2D eigenvalue weighted by atomic mass is 10.0. The lowest BCUT2D eigenvalue weighted by molar-refractivity contribution is 0.0763. The number of amides is 1. The van der Waals surface area contributed by atoms with Crippen LogP contribution in [0.4, 0.5) is 0 Å². The predicted molar refractivity (Wildman–Crippen MR) is 105 cm³/mol. The highest BCUT2D eigenvalue weighted by Gasteiger charge is 2.25. The van der Waals surface area contributed by atoms with Gasteiger partial charge in [-0.3, -0.25) is 4.79 Å². The first-order valence-corrected chi connectivity index (χ1v) is 9.82. The van der Waals surface area contributed by atoms with Crippen LogP contribution in [-0.2, 0) is 0 Å². The standard InChI is InChI=1S/C20H22ClNO2S/c1-14-5-3-4-6-16(14)19-9-10-22(11-12-25-19)20(23)17-13-15(21)7-8-18(17)24-2/h3-8,13,19H,9-12H2,1-2H3/t19-/m1/s1. The smallest absolute Gasteiger partial charge is 0.257 e. The fourth-order valence-electron chi connectivity index (χ4n) is 3.19. The van der Waals surface area contributed by atoms with Gasteiger partial charge in [-0.2, -0.15) is 11.8 Å². The monoisotopic (exact) mass is 375 g/mol. The zero-order valence-electron chi connectivity index (χ0n) is 14.5. The van der Waals surface area contributed by atoms with Crippen molar-refractivity contribution in [3.63, 3.8) is 0 Å². The van der Waals surface area contributed by atoms with E-state index in [1.54, 1.807) is 25.3 Å². The van der Waals surface area contributed by atoms with Crippen LogP contribution < -0.4 is 4.74 Å². The van der Waals surface area contributed by atoms with Crippen molar-refractivity contribution in [3.05, 3.63) is 64.2 Å². The molecule has 1 aliphatic rings. The number of hydrogen-bond acceptors (Lipinski definition) is 3. The first-order valence-electron chi connectivity index (χ1n) is 8.40. The van der Waals surface area contributed by atoms with Gasteiger partial charge in [0, 0.05) is 29.1 Å². The Labute approximate surface area is 158 Å². The lowest BCUT2D eigenvalue weighted by Gasteiger charge is -2.22. The van der Waals surface area contributed by atoms with Gasteiger partial charge in [0.2, 0.25) is 0 Å². The molecule has 1 saturated heterocycles. The molecule has 1 aliphatic heterocycles. The molecule has 1 amide bonds. The Morgan fingerprint density at radius 2 is 2.04 bits per heavy atom. The van der Waals surface area contributed by atoms with Gasteiger partial charge < -0.3 is 9.64 Å². The van der Waals surface area contributed by atoms with Crippen LogP contribution in [0.15, 0.2) is 42.5 Å². The molecule has 3 nitrogen and oxygen atoms in total. The molecule has 132 valence electrons. The minimum atomic E-state index is -0.00890. The summed E-state index contributed by atoms with van der Waals surface area (Å²) in [4.78, 5) is 14.9. The van der Waals surface area contributed by atoms with Gasteiger partial charge in [-0.25, -0.2) is 0 Å². The third-order valence-corrected chi connectivity index (χ3v) is 6.10. The molecule has 3 rings (SSSR count). The third-order valence-electron chi connectivity index (χ3n) is 4.56. The number of rotatable bonds is 3. The van der Waals surface area contributed by atoms with Crippen LogP contribution in [0.5, 0.6) is 5.75 Å². The molecular formula is C20H22ClNO2S. The van der Waals surface area contributed by atoms with Gasteiger partial charge >= 0.3 is 0 Å². The molecule has 0 unspecified atom stereocenters. The summed E-state index contributed by atoms with van der Waals surface area (Å²) in [5, 5.41) is 0.978. The van der Waals surface area contributed by atoms with Gasteiger partial charge in [-0.05, 0) is 42.7 Å². The van der Waals surface area contributed by atoms with E-state index < -0.39 is 0 Å². The summed E-state index contributed by atoms with van der Waals surface area (Å²) in [5.41, 5.74) is 3.23. The van der Waals surface area contributed by atoms with Crippen molar-refractivity contribution < 1.29 is 9.53 Å². The summed E-state index contributed by atoms with van der Waals surface area (Å²) in [5.74, 6) is 1.49. The molecular weight excluding hydrogens is 354 g/mol. The number of ether oxygens (including phenoxy) is 1. The maximum atomic E-state index is 13.0. The van der Waals surface area contributed by atoms with E-state index >= 15 is 0 Å². The summed E-state index contributed by atoms with van der Waals surface area (Å²) < 4.78 is 5.34. The van der Waals surface area contributed by atoms with Crippen LogP contribution >= 0.6 is 23.4 Å². The minimum Gasteiger partial charge on any atom is -0.496 e. The van der Waals surface area contributed by atoms with Crippen molar-refractivity contribution in [3.8, 4) is 5.75 Å². The van der Waals surface area contributed by atoms with E-state index in [0.29, 0.717) is 21.6 Å². The van der Waals surface area contributed by atoms with Crippen molar-refractivity contribution in [1.29, 1.82) is 0 Å². The molecule has 0 spiro atoms. The van der Waals surface area contributed by atoms with Crippen molar-refractivity contribution in [2.75, 3.05) is 26.0 Å². The second-order valence-electron chi connectivity index (χ2n) is 6.14. The summed E-state index contributed by atoms with van der Waals surface area (Å²) in [7, 11) is 1.58. The van der Waals surface area contributed by atoms with E-state index in [2.05, 4.69) is 31.2 Å². The molecule has 1 fully saturated rings. The van der Waals surface area contributed by atoms with Crippen LogP contribution in [0.3, 0.4) is 0 Å². The fraction of sp³-hybridized carbons (Fsp3) is 0.350. The SMILES string of the molecule is COc1ccc(Cl)cc1C(=O)N1CCS[C@@H](c2ccccc2C)CC1. The molecule has 0 radical (unpaired) electrons. The Balaban J connectivity index is 1.76. The van der Waals surface area contributed by atoms with Crippen LogP contribution in [-0.4, -0.2) is 36.8 Å². The van der Waals surface area contributed by atoms with E-state index in [0.717, 1.165) is 25.3 Å². The summed E-state index contributed by atoms with van der Waals surface area (Å²) in [6.07, 6.45) is 0.949. The average molecular weight is 376 g/mol. The molecule has 5 heteroatoms. The molecule has 0 N–H and O–H groups in total. The second-order valence-corrected chi connectivity index (χ2v) is 7.89. The number of carbonyl (C=O) groups is 1. The van der Waals surface area contributed by atoms with Crippen LogP contribution in [0.2, 0.25) is 5.02 Å². The van der Waals surface area contributed by atoms with E-state index in [1.807, 2.05) is 16.7 Å². The number of carbonyl (C=O) groups excluding carboxylic acids is 1. The topological polar surface area (TPSA) is 29.5 Å². The molecule has 1 heterocycles. The van der Waals surface area contributed by atoms with Crippen LogP contribution in [0.25, 0.3) is 0 Å². The maximum absolute atomic E-state index is 13.0. The Kier molecular flexibility index (Phi) is 5.92. The number of aryl methyl sites for hydroxylation is 1. The number of thioether (sulfide) groups is 1. The first-order chi connectivity index (χ1) is 12.1. The summed E-state index contributed by atoms with van der Waals surface area (Å²) >= 11 is 8.01. The Hall–Kier alpha value is -1.65. The molecule has 2 aromatic carbocycles. The highest BCUT2D eigenvalue weighted by Crippen LogP contribution is 2.36. The van der Waals surface area contributed by atoms with Gasteiger partial charge in [0.1, 0.15) is 5.75 Å². The second kappa shape index (κ2) is 8.15. The van der Waals surface area contributed by atoms with Crippen molar-refractivity contribution >= 4 is 29.3 Å². The zero-order chi connectivity index (χ0) is 17.8. The Morgan fingerprint density at radius 1 is 1.24 bits per heavy atom. The number of benzene rings is 2. The van der Waals surface area contributed by atoms with Gasteiger partial charge in [0.05, 0.1) is 12.7 Å². The fourth-order valence-corrected chi connectivity index (χ4v) is 4.69. The quantitative estimate of drug-likeness (QED) is 0.757. The Morgan fingerprint density at radius 3 is 2.80 bits per heavy atom. The van der Waals surface area contributed by atoms with E-state index in [4.69, 9.17) is 16.3 Å². The summed E-state index contributed by atoms with van der Waals surface area (Å²) in [6.45, 7) is 3.63. The first kappa shape index (κ1) is 18.2. The molecule has 0 aromatic heterocycles. The van der Waals surface area contributed by atoms with Gasteiger partial charge in [-0.1, -0.05) is 35.9 Å². The Bertz CT molecular complexity index is 765. The molecule has 0 saturated carbocycles. The normalized spacial score (nSPS) is 17.9. The van der Waals surface area contributed by atoms with E-state index in [-0.39, 0.29) is 5.91 Å². The molecule has 25 heavy (non-hydrogen) atoms. The number of methoxy groups -OCH3 is 1. The maximum Gasteiger partial charge on any atom is 0.257 e. The molecule has 2 aromatic rings. The average Bonchev–Trinajstić information content (AvgIpc) is 2.87. The van der Waals surface area contributed by atoms with Gasteiger partial charge in [0.25, 0.3) is 5.91 Å². The largest absolute Gasteiger partial charge is 0.496 e. The van der Waals surface area contributed by atoms with Crippen molar-refractivity contribution in [2.24, 2.45) is 0 Å².